The topological polar surface area (TPSA) is 40.5 Å². The van der Waals surface area contributed by atoms with Crippen LogP contribution >= 0.6 is 22.6 Å². The Balaban J connectivity index is 2.04. The third-order valence-corrected chi connectivity index (χ3v) is 5.33. The average molecular weight is 385 g/mol. The summed E-state index contributed by atoms with van der Waals surface area (Å²) in [5.41, 5.74) is 3.27. The van der Waals surface area contributed by atoms with Gasteiger partial charge in [0.2, 0.25) is 5.91 Å². The second-order valence-electron chi connectivity index (χ2n) is 6.02. The summed E-state index contributed by atoms with van der Waals surface area (Å²) < 4.78 is 1.18. The van der Waals surface area contributed by atoms with Crippen LogP contribution in [0.5, 0.6) is 0 Å². The van der Waals surface area contributed by atoms with Crippen LogP contribution in [0.2, 0.25) is 0 Å². The van der Waals surface area contributed by atoms with E-state index in [4.69, 9.17) is 0 Å². The average Bonchev–Trinajstić information content (AvgIpc) is 2.64. The van der Waals surface area contributed by atoms with Gasteiger partial charge in [-0.25, -0.2) is 0 Å². The molecule has 3 unspecified atom stereocenters. The molecular weight excluding hydrogens is 365 g/mol. The van der Waals surface area contributed by atoms with Crippen LogP contribution in [-0.4, -0.2) is 34.6 Å². The number of halogens is 1. The Labute approximate surface area is 133 Å². The fourth-order valence-corrected chi connectivity index (χ4v) is 4.77. The summed E-state index contributed by atoms with van der Waals surface area (Å²) in [5, 5.41) is 10.7. The molecule has 3 nitrogen and oxygen atoms in total. The number of benzene rings is 1. The van der Waals surface area contributed by atoms with Crippen LogP contribution < -0.4 is 0 Å². The molecule has 0 saturated carbocycles. The standard InChI is InChI=1S/C16H20INO2/c1-9-7-11(17)8-10(2)13(9)14-15(19)12-5-3-4-6-18(12)16(14)20/h7-8,12,14-15,19H,3-6H2,1-2H3. The fourth-order valence-electron chi connectivity index (χ4n) is 3.84. The van der Waals surface area contributed by atoms with Crippen LogP contribution in [0.25, 0.3) is 0 Å². The van der Waals surface area contributed by atoms with Crippen LogP contribution in [0.15, 0.2) is 12.1 Å². The number of carbonyl (C=O) groups is 1. The first-order chi connectivity index (χ1) is 9.50. The van der Waals surface area contributed by atoms with Gasteiger partial charge in [0.1, 0.15) is 0 Å². The van der Waals surface area contributed by atoms with Crippen molar-refractivity contribution in [2.24, 2.45) is 0 Å². The largest absolute Gasteiger partial charge is 0.390 e. The molecular formula is C16H20INO2. The Bertz CT molecular complexity index is 534. The second-order valence-corrected chi connectivity index (χ2v) is 7.26. The molecule has 2 heterocycles. The Morgan fingerprint density at radius 1 is 1.25 bits per heavy atom. The van der Waals surface area contributed by atoms with Gasteiger partial charge in [0.15, 0.2) is 0 Å². The number of nitrogens with zero attached hydrogens (tertiary/aromatic N) is 1. The third kappa shape index (κ3) is 2.17. The van der Waals surface area contributed by atoms with Crippen molar-refractivity contribution in [3.8, 4) is 0 Å². The second kappa shape index (κ2) is 5.30. The lowest BCUT2D eigenvalue weighted by Crippen LogP contribution is -2.40. The van der Waals surface area contributed by atoms with E-state index in [0.717, 1.165) is 42.5 Å². The van der Waals surface area contributed by atoms with Crippen molar-refractivity contribution >= 4 is 28.5 Å². The summed E-state index contributed by atoms with van der Waals surface area (Å²) in [6, 6.07) is 4.22. The number of carbonyl (C=O) groups excluding carboxylic acids is 1. The molecule has 20 heavy (non-hydrogen) atoms. The van der Waals surface area contributed by atoms with Gasteiger partial charge < -0.3 is 10.0 Å². The van der Waals surface area contributed by atoms with E-state index in [9.17, 15) is 9.90 Å². The van der Waals surface area contributed by atoms with Gasteiger partial charge in [-0.2, -0.15) is 0 Å². The molecule has 3 rings (SSSR count). The molecule has 0 aliphatic carbocycles. The molecule has 3 atom stereocenters. The summed E-state index contributed by atoms with van der Waals surface area (Å²) in [7, 11) is 0. The Morgan fingerprint density at radius 2 is 1.90 bits per heavy atom. The zero-order valence-corrected chi connectivity index (χ0v) is 14.1. The number of rotatable bonds is 1. The van der Waals surface area contributed by atoms with Crippen LogP contribution in [0, 0.1) is 17.4 Å². The number of aliphatic hydroxyl groups is 1. The molecule has 2 aliphatic heterocycles. The van der Waals surface area contributed by atoms with Crippen molar-refractivity contribution in [2.75, 3.05) is 6.54 Å². The van der Waals surface area contributed by atoms with E-state index in [1.54, 1.807) is 0 Å². The molecule has 0 aromatic heterocycles. The molecule has 2 fully saturated rings. The summed E-state index contributed by atoms with van der Waals surface area (Å²) >= 11 is 2.30. The van der Waals surface area contributed by atoms with E-state index in [1.165, 1.54) is 3.57 Å². The normalized spacial score (nSPS) is 29.7. The van der Waals surface area contributed by atoms with Gasteiger partial charge in [-0.05, 0) is 84.5 Å². The number of piperidine rings is 1. The molecule has 2 saturated heterocycles. The highest BCUT2D eigenvalue weighted by Gasteiger charge is 2.49. The first-order valence-electron chi connectivity index (χ1n) is 7.26. The smallest absolute Gasteiger partial charge is 0.233 e. The van der Waals surface area contributed by atoms with Crippen LogP contribution in [0.1, 0.15) is 41.9 Å². The zero-order valence-electron chi connectivity index (χ0n) is 11.9. The summed E-state index contributed by atoms with van der Waals surface area (Å²) in [5.74, 6) is -0.246. The van der Waals surface area contributed by atoms with Crippen molar-refractivity contribution < 1.29 is 9.90 Å². The molecule has 1 aromatic rings. The number of amides is 1. The third-order valence-electron chi connectivity index (χ3n) is 4.70. The highest BCUT2D eigenvalue weighted by Crippen LogP contribution is 2.40. The highest BCUT2D eigenvalue weighted by atomic mass is 127. The zero-order chi connectivity index (χ0) is 14.4. The lowest BCUT2D eigenvalue weighted by Gasteiger charge is -2.30. The van der Waals surface area contributed by atoms with Gasteiger partial charge in [0.05, 0.1) is 18.1 Å². The van der Waals surface area contributed by atoms with Gasteiger partial charge >= 0.3 is 0 Å². The maximum absolute atomic E-state index is 12.7. The molecule has 0 bridgehead atoms. The summed E-state index contributed by atoms with van der Waals surface area (Å²) in [4.78, 5) is 14.6. The Morgan fingerprint density at radius 3 is 2.50 bits per heavy atom. The fraction of sp³-hybridized carbons (Fsp3) is 0.562. The number of aliphatic hydroxyl groups excluding tert-OH is 1. The molecule has 0 radical (unpaired) electrons. The van der Waals surface area contributed by atoms with E-state index >= 15 is 0 Å². The van der Waals surface area contributed by atoms with Crippen LogP contribution in [0.4, 0.5) is 0 Å². The minimum absolute atomic E-state index is 0.0272. The predicted octanol–water partition coefficient (Wildman–Crippen LogP) is 2.75. The first-order valence-corrected chi connectivity index (χ1v) is 8.34. The summed E-state index contributed by atoms with van der Waals surface area (Å²) in [6.07, 6.45) is 2.56. The molecule has 0 spiro atoms. The van der Waals surface area contributed by atoms with Crippen molar-refractivity contribution in [1.82, 2.24) is 4.90 Å². The number of fused-ring (bicyclic) bond motifs is 1. The quantitative estimate of drug-likeness (QED) is 0.756. The minimum Gasteiger partial charge on any atom is -0.390 e. The molecule has 1 amide bonds. The molecule has 2 aliphatic rings. The lowest BCUT2D eigenvalue weighted by atomic mass is 9.86. The molecule has 1 N–H and O–H groups in total. The van der Waals surface area contributed by atoms with E-state index in [-0.39, 0.29) is 17.9 Å². The van der Waals surface area contributed by atoms with E-state index < -0.39 is 6.10 Å². The monoisotopic (exact) mass is 385 g/mol. The van der Waals surface area contributed by atoms with Crippen molar-refractivity contribution in [1.29, 1.82) is 0 Å². The Kier molecular flexibility index (Phi) is 3.79. The number of hydrogen-bond acceptors (Lipinski definition) is 2. The number of aryl methyl sites for hydroxylation is 2. The minimum atomic E-state index is -0.555. The first kappa shape index (κ1) is 14.3. The molecule has 4 heteroatoms. The summed E-state index contributed by atoms with van der Waals surface area (Å²) in [6.45, 7) is 4.89. The van der Waals surface area contributed by atoms with E-state index in [0.29, 0.717) is 0 Å². The SMILES string of the molecule is Cc1cc(I)cc(C)c1C1C(=O)N2CCCCC2C1O. The Hall–Kier alpha value is -0.620. The van der Waals surface area contributed by atoms with Crippen molar-refractivity contribution in [3.63, 3.8) is 0 Å². The number of hydrogen-bond donors (Lipinski definition) is 1. The van der Waals surface area contributed by atoms with Crippen molar-refractivity contribution in [3.05, 3.63) is 32.4 Å². The van der Waals surface area contributed by atoms with Gasteiger partial charge in [0, 0.05) is 10.1 Å². The van der Waals surface area contributed by atoms with Crippen molar-refractivity contribution in [2.45, 2.75) is 51.2 Å². The highest BCUT2D eigenvalue weighted by molar-refractivity contribution is 14.1. The van der Waals surface area contributed by atoms with Gasteiger partial charge in [0.25, 0.3) is 0 Å². The lowest BCUT2D eigenvalue weighted by molar-refractivity contribution is -0.130. The van der Waals surface area contributed by atoms with E-state index in [1.807, 2.05) is 18.7 Å². The maximum atomic E-state index is 12.7. The van der Waals surface area contributed by atoms with Crippen LogP contribution in [-0.2, 0) is 4.79 Å². The van der Waals surface area contributed by atoms with Gasteiger partial charge in [-0.1, -0.05) is 0 Å². The van der Waals surface area contributed by atoms with E-state index in [2.05, 4.69) is 34.7 Å². The predicted molar refractivity (Wildman–Crippen MR) is 86.7 cm³/mol. The molecule has 108 valence electrons. The van der Waals surface area contributed by atoms with Gasteiger partial charge in [-0.15, -0.1) is 0 Å². The van der Waals surface area contributed by atoms with Gasteiger partial charge in [-0.3, -0.25) is 4.79 Å². The molecule has 1 aromatic carbocycles. The maximum Gasteiger partial charge on any atom is 0.233 e. The van der Waals surface area contributed by atoms with Crippen LogP contribution in [0.3, 0.4) is 0 Å².